The van der Waals surface area contributed by atoms with Crippen LogP contribution in [0.15, 0.2) is 24.3 Å². The van der Waals surface area contributed by atoms with E-state index < -0.39 is 33.6 Å². The number of nitrogens with one attached hydrogen (secondary N) is 1. The minimum Gasteiger partial charge on any atom is -0.399 e. The number of carbonyl (C=O) groups is 3. The molecular weight excluding hydrogens is 322 g/mol. The molecule has 1 atom stereocenters. The quantitative estimate of drug-likeness (QED) is 0.550. The summed E-state index contributed by atoms with van der Waals surface area (Å²) < 4.78 is 22.8. The summed E-state index contributed by atoms with van der Waals surface area (Å²) in [5.41, 5.74) is 6.13. The molecule has 3 N–H and O–H groups in total. The SMILES string of the molecule is CC(=O)N(C(=O)C(=O)NC1CCS(=O)(=O)C1)c1cccc(N)c1. The molecule has 0 bridgehead atoms. The highest BCUT2D eigenvalue weighted by molar-refractivity contribution is 7.91. The van der Waals surface area contributed by atoms with Crippen LogP contribution in [-0.2, 0) is 24.2 Å². The average molecular weight is 339 g/mol. The van der Waals surface area contributed by atoms with E-state index in [0.717, 1.165) is 6.92 Å². The fourth-order valence-electron chi connectivity index (χ4n) is 2.36. The molecule has 9 heteroatoms. The van der Waals surface area contributed by atoms with Gasteiger partial charge in [-0.05, 0) is 24.6 Å². The molecule has 2 rings (SSSR count). The van der Waals surface area contributed by atoms with Crippen molar-refractivity contribution in [1.29, 1.82) is 0 Å². The van der Waals surface area contributed by atoms with Gasteiger partial charge in [0.05, 0.1) is 17.2 Å². The summed E-state index contributed by atoms with van der Waals surface area (Å²) in [4.78, 5) is 36.7. The Balaban J connectivity index is 2.15. The third kappa shape index (κ3) is 4.07. The van der Waals surface area contributed by atoms with Gasteiger partial charge in [0.25, 0.3) is 0 Å². The van der Waals surface area contributed by atoms with Crippen molar-refractivity contribution in [1.82, 2.24) is 5.32 Å². The van der Waals surface area contributed by atoms with Crippen molar-refractivity contribution in [2.45, 2.75) is 19.4 Å². The second-order valence-corrected chi connectivity index (χ2v) is 7.56. The van der Waals surface area contributed by atoms with Crippen molar-refractivity contribution in [3.05, 3.63) is 24.3 Å². The van der Waals surface area contributed by atoms with Gasteiger partial charge in [-0.3, -0.25) is 14.4 Å². The first-order valence-electron chi connectivity index (χ1n) is 6.91. The summed E-state index contributed by atoms with van der Waals surface area (Å²) in [6.45, 7) is 1.15. The van der Waals surface area contributed by atoms with Crippen LogP contribution in [0.2, 0.25) is 0 Å². The van der Waals surface area contributed by atoms with E-state index in [1.807, 2.05) is 0 Å². The van der Waals surface area contributed by atoms with Crippen molar-refractivity contribution < 1.29 is 22.8 Å². The zero-order valence-corrected chi connectivity index (χ0v) is 13.3. The Hall–Kier alpha value is -2.42. The van der Waals surface area contributed by atoms with E-state index in [4.69, 9.17) is 5.73 Å². The molecule has 3 amide bonds. The van der Waals surface area contributed by atoms with Crippen molar-refractivity contribution in [2.75, 3.05) is 22.1 Å². The van der Waals surface area contributed by atoms with E-state index in [1.54, 1.807) is 12.1 Å². The lowest BCUT2D eigenvalue weighted by Crippen LogP contribution is -2.48. The van der Waals surface area contributed by atoms with Crippen LogP contribution in [0, 0.1) is 0 Å². The molecule has 8 nitrogen and oxygen atoms in total. The monoisotopic (exact) mass is 339 g/mol. The maximum Gasteiger partial charge on any atom is 0.323 e. The number of amides is 3. The molecule has 1 aromatic carbocycles. The van der Waals surface area contributed by atoms with E-state index in [0.29, 0.717) is 10.6 Å². The molecule has 1 unspecified atom stereocenters. The van der Waals surface area contributed by atoms with Gasteiger partial charge in [-0.15, -0.1) is 0 Å². The molecule has 0 saturated carbocycles. The fourth-order valence-corrected chi connectivity index (χ4v) is 4.04. The summed E-state index contributed by atoms with van der Waals surface area (Å²) in [6, 6.07) is 5.38. The number of rotatable bonds is 2. The number of hydrogen-bond donors (Lipinski definition) is 2. The summed E-state index contributed by atoms with van der Waals surface area (Å²) in [5.74, 6) is -2.98. The Kier molecular flexibility index (Phi) is 4.69. The van der Waals surface area contributed by atoms with Crippen molar-refractivity contribution >= 4 is 38.9 Å². The molecule has 1 aliphatic heterocycles. The van der Waals surface area contributed by atoms with Crippen LogP contribution in [0.4, 0.5) is 11.4 Å². The van der Waals surface area contributed by atoms with Crippen molar-refractivity contribution in [3.8, 4) is 0 Å². The number of benzene rings is 1. The van der Waals surface area contributed by atoms with E-state index in [2.05, 4.69) is 5.32 Å². The first-order chi connectivity index (χ1) is 10.7. The first-order valence-corrected chi connectivity index (χ1v) is 8.73. The highest BCUT2D eigenvalue weighted by Gasteiger charge is 2.33. The minimum atomic E-state index is -3.18. The van der Waals surface area contributed by atoms with Crippen LogP contribution in [0.3, 0.4) is 0 Å². The summed E-state index contributed by atoms with van der Waals surface area (Å²) in [5, 5.41) is 2.36. The van der Waals surface area contributed by atoms with Crippen molar-refractivity contribution in [3.63, 3.8) is 0 Å². The minimum absolute atomic E-state index is 0.0300. The molecule has 0 radical (unpaired) electrons. The maximum atomic E-state index is 12.2. The van der Waals surface area contributed by atoms with E-state index in [1.165, 1.54) is 12.1 Å². The predicted molar refractivity (Wildman–Crippen MR) is 84.2 cm³/mol. The lowest BCUT2D eigenvalue weighted by Gasteiger charge is -2.20. The average Bonchev–Trinajstić information content (AvgIpc) is 2.77. The third-order valence-electron chi connectivity index (χ3n) is 3.41. The molecule has 1 fully saturated rings. The van der Waals surface area contributed by atoms with E-state index >= 15 is 0 Å². The number of hydrogen-bond acceptors (Lipinski definition) is 6. The summed E-state index contributed by atoms with van der Waals surface area (Å²) >= 11 is 0. The molecule has 1 aromatic rings. The molecule has 0 aliphatic carbocycles. The van der Waals surface area contributed by atoms with E-state index in [-0.39, 0.29) is 23.6 Å². The Morgan fingerprint density at radius 2 is 2.00 bits per heavy atom. The standard InChI is InChI=1S/C14H17N3O5S/c1-9(18)17(12-4-2-3-10(15)7-12)14(20)13(19)16-11-5-6-23(21,22)8-11/h2-4,7,11H,5-6,8,15H2,1H3,(H,16,19). The normalized spacial score (nSPS) is 19.1. The fraction of sp³-hybridized carbons (Fsp3) is 0.357. The molecule has 0 aromatic heterocycles. The first kappa shape index (κ1) is 16.9. The number of sulfone groups is 1. The molecular formula is C14H17N3O5S. The van der Waals surface area contributed by atoms with E-state index in [9.17, 15) is 22.8 Å². The van der Waals surface area contributed by atoms with Crippen LogP contribution >= 0.6 is 0 Å². The van der Waals surface area contributed by atoms with Gasteiger partial charge < -0.3 is 11.1 Å². The van der Waals surface area contributed by atoms with Gasteiger partial charge in [-0.1, -0.05) is 6.07 Å². The molecule has 0 spiro atoms. The molecule has 1 saturated heterocycles. The Morgan fingerprint density at radius 3 is 2.52 bits per heavy atom. The number of carbonyl (C=O) groups excluding carboxylic acids is 3. The Morgan fingerprint density at radius 1 is 1.30 bits per heavy atom. The van der Waals surface area contributed by atoms with Crippen LogP contribution in [0.5, 0.6) is 0 Å². The molecule has 23 heavy (non-hydrogen) atoms. The summed E-state index contributed by atoms with van der Waals surface area (Å²) in [7, 11) is -3.18. The van der Waals surface area contributed by atoms with Gasteiger partial charge >= 0.3 is 11.8 Å². The molecule has 1 heterocycles. The smallest absolute Gasteiger partial charge is 0.323 e. The Labute approximate surface area is 133 Å². The lowest BCUT2D eigenvalue weighted by molar-refractivity contribution is -0.139. The van der Waals surface area contributed by atoms with Crippen LogP contribution in [-0.4, -0.2) is 43.7 Å². The van der Waals surface area contributed by atoms with Gasteiger partial charge in [-0.2, -0.15) is 0 Å². The van der Waals surface area contributed by atoms with Crippen molar-refractivity contribution in [2.24, 2.45) is 0 Å². The number of anilines is 2. The van der Waals surface area contributed by atoms with Gasteiger partial charge in [0, 0.05) is 18.7 Å². The maximum absolute atomic E-state index is 12.2. The highest BCUT2D eigenvalue weighted by Crippen LogP contribution is 2.18. The molecule has 124 valence electrons. The second-order valence-electron chi connectivity index (χ2n) is 5.33. The molecule has 1 aliphatic rings. The lowest BCUT2D eigenvalue weighted by atomic mass is 10.2. The number of nitrogens with two attached hydrogens (primary N) is 1. The zero-order chi connectivity index (χ0) is 17.2. The van der Waals surface area contributed by atoms with Gasteiger partial charge in [0.1, 0.15) is 0 Å². The zero-order valence-electron chi connectivity index (χ0n) is 12.5. The van der Waals surface area contributed by atoms with Crippen LogP contribution in [0.1, 0.15) is 13.3 Å². The van der Waals surface area contributed by atoms with Gasteiger partial charge in [0.15, 0.2) is 9.84 Å². The predicted octanol–water partition coefficient (Wildman–Crippen LogP) is -0.548. The number of nitrogen functional groups attached to an aromatic ring is 1. The van der Waals surface area contributed by atoms with Crippen LogP contribution in [0.25, 0.3) is 0 Å². The third-order valence-corrected chi connectivity index (χ3v) is 5.18. The number of imide groups is 1. The van der Waals surface area contributed by atoms with Gasteiger partial charge in [-0.25, -0.2) is 13.3 Å². The highest BCUT2D eigenvalue weighted by atomic mass is 32.2. The summed E-state index contributed by atoms with van der Waals surface area (Å²) in [6.07, 6.45) is 0.250. The number of nitrogens with zero attached hydrogens (tertiary/aromatic N) is 1. The topological polar surface area (TPSA) is 127 Å². The van der Waals surface area contributed by atoms with Crippen LogP contribution < -0.4 is 16.0 Å². The Bertz CT molecular complexity index is 759. The second kappa shape index (κ2) is 6.37. The largest absolute Gasteiger partial charge is 0.399 e. The van der Waals surface area contributed by atoms with Gasteiger partial charge in [0.2, 0.25) is 5.91 Å².